The number of rotatable bonds is 8. The fourth-order valence-corrected chi connectivity index (χ4v) is 2.27. The summed E-state index contributed by atoms with van der Waals surface area (Å²) in [5, 5.41) is 10.3. The third kappa shape index (κ3) is 9.37. The van der Waals surface area contributed by atoms with Crippen molar-refractivity contribution in [3.05, 3.63) is 47.3 Å². The molecule has 10 heteroatoms. The van der Waals surface area contributed by atoms with Gasteiger partial charge in [-0.15, -0.1) is 24.0 Å². The molecule has 2 N–H and O–H groups in total. The fraction of sp³-hybridized carbons (Fsp3) is 0.474. The second-order valence-electron chi connectivity index (χ2n) is 6.47. The summed E-state index contributed by atoms with van der Waals surface area (Å²) in [6.07, 6.45) is -4.37. The summed E-state index contributed by atoms with van der Waals surface area (Å²) in [7, 11) is 0. The Bertz CT molecular complexity index is 779. The molecule has 6 nitrogen and oxygen atoms in total. The third-order valence-electron chi connectivity index (χ3n) is 3.66. The molecule has 0 spiro atoms. The number of ether oxygens (including phenoxy) is 1. The minimum atomic E-state index is -4.37. The van der Waals surface area contributed by atoms with Gasteiger partial charge in [0.1, 0.15) is 5.75 Å². The Morgan fingerprint density at radius 3 is 2.62 bits per heavy atom. The van der Waals surface area contributed by atoms with E-state index >= 15 is 0 Å². The highest BCUT2D eigenvalue weighted by Crippen LogP contribution is 2.19. The van der Waals surface area contributed by atoms with Gasteiger partial charge in [0.15, 0.2) is 18.3 Å². The summed E-state index contributed by atoms with van der Waals surface area (Å²) >= 11 is 0. The maximum absolute atomic E-state index is 12.3. The molecule has 0 aliphatic rings. The predicted molar refractivity (Wildman–Crippen MR) is 116 cm³/mol. The summed E-state index contributed by atoms with van der Waals surface area (Å²) in [5.74, 6) is 1.69. The number of aliphatic imine (C=N–C) groups is 1. The molecule has 2 rings (SSSR count). The van der Waals surface area contributed by atoms with E-state index in [9.17, 15) is 13.2 Å². The minimum Gasteiger partial charge on any atom is -0.484 e. The topological polar surface area (TPSA) is 71.7 Å². The van der Waals surface area contributed by atoms with E-state index in [4.69, 9.17) is 9.26 Å². The number of halogens is 4. The molecule has 0 aliphatic carbocycles. The first-order valence-corrected chi connectivity index (χ1v) is 9.03. The van der Waals surface area contributed by atoms with E-state index in [-0.39, 0.29) is 42.2 Å². The summed E-state index contributed by atoms with van der Waals surface area (Å²) in [6.45, 7) is 6.05. The molecule has 0 unspecified atom stereocenters. The molecule has 2 aromatic rings. The van der Waals surface area contributed by atoms with Crippen LogP contribution in [0, 0.1) is 0 Å². The van der Waals surface area contributed by atoms with Crippen molar-refractivity contribution in [3.8, 4) is 5.75 Å². The number of aromatic nitrogens is 1. The van der Waals surface area contributed by atoms with Crippen LogP contribution in [0.1, 0.15) is 43.7 Å². The van der Waals surface area contributed by atoms with Crippen LogP contribution in [0.5, 0.6) is 5.75 Å². The highest BCUT2D eigenvalue weighted by Gasteiger charge is 2.28. The van der Waals surface area contributed by atoms with E-state index in [2.05, 4.69) is 20.8 Å². The quantitative estimate of drug-likeness (QED) is 0.299. The minimum absolute atomic E-state index is 0. The average Bonchev–Trinajstić information content (AvgIpc) is 3.11. The highest BCUT2D eigenvalue weighted by atomic mass is 127. The summed E-state index contributed by atoms with van der Waals surface area (Å²) in [5.41, 5.74) is 1.62. The predicted octanol–water partition coefficient (Wildman–Crippen LogP) is 4.61. The molecule has 162 valence electrons. The number of alkyl halides is 3. The number of hydrogen-bond donors (Lipinski definition) is 2. The number of hydrogen-bond acceptors (Lipinski definition) is 4. The van der Waals surface area contributed by atoms with Crippen LogP contribution in [0.2, 0.25) is 0 Å². The normalized spacial score (nSPS) is 11.9. The molecule has 0 bridgehead atoms. The second-order valence-corrected chi connectivity index (χ2v) is 6.47. The molecule has 29 heavy (non-hydrogen) atoms. The van der Waals surface area contributed by atoms with Gasteiger partial charge in [0.05, 0.1) is 18.8 Å². The standard InChI is InChI=1S/C19H25F3N4O2.HI/c1-4-23-18(25-11-16-9-17(13(2)3)26-28-16)24-10-14-6-5-7-15(8-14)27-12-19(20,21)22;/h5-9,13H,4,10-12H2,1-3H3,(H2,23,24,25);1H. The third-order valence-corrected chi connectivity index (χ3v) is 3.66. The lowest BCUT2D eigenvalue weighted by Gasteiger charge is -2.11. The van der Waals surface area contributed by atoms with E-state index in [1.54, 1.807) is 18.2 Å². The fourth-order valence-electron chi connectivity index (χ4n) is 2.27. The highest BCUT2D eigenvalue weighted by molar-refractivity contribution is 14.0. The number of benzene rings is 1. The number of nitrogens with one attached hydrogen (secondary N) is 2. The first-order valence-electron chi connectivity index (χ1n) is 9.03. The zero-order valence-corrected chi connectivity index (χ0v) is 18.9. The number of guanidine groups is 1. The Kier molecular flexibility index (Phi) is 10.3. The largest absolute Gasteiger partial charge is 0.484 e. The Hall–Kier alpha value is -1.98. The van der Waals surface area contributed by atoms with Gasteiger partial charge in [-0.1, -0.05) is 31.1 Å². The molecule has 0 radical (unpaired) electrons. The van der Waals surface area contributed by atoms with Gasteiger partial charge in [0.2, 0.25) is 0 Å². The van der Waals surface area contributed by atoms with E-state index in [0.717, 1.165) is 11.3 Å². The van der Waals surface area contributed by atoms with Gasteiger partial charge in [-0.2, -0.15) is 13.2 Å². The number of nitrogens with zero attached hydrogens (tertiary/aromatic N) is 2. The zero-order chi connectivity index (χ0) is 20.6. The van der Waals surface area contributed by atoms with Crippen molar-refractivity contribution in [2.75, 3.05) is 13.2 Å². The second kappa shape index (κ2) is 11.9. The van der Waals surface area contributed by atoms with E-state index in [1.807, 2.05) is 26.8 Å². The van der Waals surface area contributed by atoms with Gasteiger partial charge < -0.3 is 19.9 Å². The van der Waals surface area contributed by atoms with Gasteiger partial charge >= 0.3 is 6.18 Å². The van der Waals surface area contributed by atoms with Crippen LogP contribution >= 0.6 is 24.0 Å². The summed E-state index contributed by atoms with van der Waals surface area (Å²) in [6, 6.07) is 8.34. The molecule has 0 atom stereocenters. The van der Waals surface area contributed by atoms with Crippen molar-refractivity contribution in [2.24, 2.45) is 4.99 Å². The molecule has 1 aromatic carbocycles. The van der Waals surface area contributed by atoms with E-state index in [1.165, 1.54) is 6.07 Å². The van der Waals surface area contributed by atoms with E-state index in [0.29, 0.717) is 24.8 Å². The van der Waals surface area contributed by atoms with Crippen LogP contribution in [0.3, 0.4) is 0 Å². The molecular formula is C19H26F3IN4O2. The Morgan fingerprint density at radius 2 is 2.00 bits per heavy atom. The lowest BCUT2D eigenvalue weighted by atomic mass is 10.1. The van der Waals surface area contributed by atoms with Crippen molar-refractivity contribution < 1.29 is 22.4 Å². The molecule has 0 fully saturated rings. The van der Waals surface area contributed by atoms with Crippen LogP contribution in [0.25, 0.3) is 0 Å². The van der Waals surface area contributed by atoms with E-state index < -0.39 is 12.8 Å². The van der Waals surface area contributed by atoms with Crippen molar-refractivity contribution in [3.63, 3.8) is 0 Å². The van der Waals surface area contributed by atoms with Gasteiger partial charge in [-0.25, -0.2) is 4.99 Å². The molecule has 1 heterocycles. The first kappa shape index (κ1) is 25.1. The van der Waals surface area contributed by atoms with Crippen LogP contribution in [-0.4, -0.2) is 30.4 Å². The van der Waals surface area contributed by atoms with Crippen LogP contribution in [0.4, 0.5) is 13.2 Å². The first-order chi connectivity index (χ1) is 13.3. The molecule has 0 saturated heterocycles. The van der Waals surface area contributed by atoms with Gasteiger partial charge in [0, 0.05) is 12.6 Å². The Labute approximate surface area is 185 Å². The lowest BCUT2D eigenvalue weighted by molar-refractivity contribution is -0.153. The summed E-state index contributed by atoms with van der Waals surface area (Å²) in [4.78, 5) is 4.45. The Balaban J connectivity index is 0.00000420. The monoisotopic (exact) mass is 526 g/mol. The van der Waals surface area contributed by atoms with Crippen LogP contribution in [0.15, 0.2) is 39.8 Å². The SMILES string of the molecule is CCNC(=NCc1cccc(OCC(F)(F)F)c1)NCc1cc(C(C)C)no1.I. The Morgan fingerprint density at radius 1 is 1.24 bits per heavy atom. The van der Waals surface area contributed by atoms with Crippen LogP contribution in [-0.2, 0) is 13.1 Å². The smallest absolute Gasteiger partial charge is 0.422 e. The summed E-state index contributed by atoms with van der Waals surface area (Å²) < 4.78 is 46.9. The molecule has 1 aromatic heterocycles. The average molecular weight is 526 g/mol. The van der Waals surface area contributed by atoms with Gasteiger partial charge in [-0.3, -0.25) is 0 Å². The maximum atomic E-state index is 12.3. The van der Waals surface area contributed by atoms with Gasteiger partial charge in [0.25, 0.3) is 0 Å². The maximum Gasteiger partial charge on any atom is 0.422 e. The molecule has 0 saturated carbocycles. The van der Waals surface area contributed by atoms with Crippen molar-refractivity contribution in [2.45, 2.75) is 46.0 Å². The van der Waals surface area contributed by atoms with Crippen LogP contribution < -0.4 is 15.4 Å². The molecule has 0 aliphatic heterocycles. The molecule has 0 amide bonds. The van der Waals surface area contributed by atoms with Crippen molar-refractivity contribution in [1.29, 1.82) is 0 Å². The molecular weight excluding hydrogens is 500 g/mol. The zero-order valence-electron chi connectivity index (χ0n) is 16.5. The lowest BCUT2D eigenvalue weighted by Crippen LogP contribution is -2.36. The van der Waals surface area contributed by atoms with Crippen molar-refractivity contribution >= 4 is 29.9 Å². The van der Waals surface area contributed by atoms with Gasteiger partial charge in [-0.05, 0) is 30.5 Å². The van der Waals surface area contributed by atoms with Crippen molar-refractivity contribution in [1.82, 2.24) is 15.8 Å².